The number of rotatable bonds is 5. The lowest BCUT2D eigenvalue weighted by Gasteiger charge is -2.26. The SMILES string of the molecule is O=C(O)CCCC(=O)NC1CCSc2ccc(F)cc21. The fraction of sp³-hybridized carbons (Fsp3) is 0.429. The minimum Gasteiger partial charge on any atom is -0.481 e. The van der Waals surface area contributed by atoms with Crippen molar-refractivity contribution in [1.29, 1.82) is 0 Å². The maximum atomic E-state index is 13.3. The first-order valence-corrected chi connectivity index (χ1v) is 7.48. The van der Waals surface area contributed by atoms with Gasteiger partial charge in [0.15, 0.2) is 0 Å². The minimum absolute atomic E-state index is 0.0147. The van der Waals surface area contributed by atoms with E-state index in [9.17, 15) is 14.0 Å². The summed E-state index contributed by atoms with van der Waals surface area (Å²) >= 11 is 1.65. The second kappa shape index (κ2) is 6.74. The van der Waals surface area contributed by atoms with Crippen LogP contribution in [0.3, 0.4) is 0 Å². The molecule has 6 heteroatoms. The van der Waals surface area contributed by atoms with E-state index in [0.29, 0.717) is 6.42 Å². The second-order valence-electron chi connectivity index (χ2n) is 4.69. The normalized spacial score (nSPS) is 17.4. The number of carbonyl (C=O) groups is 2. The van der Waals surface area contributed by atoms with Gasteiger partial charge in [0, 0.05) is 23.5 Å². The molecule has 0 fully saturated rings. The summed E-state index contributed by atoms with van der Waals surface area (Å²) in [4.78, 5) is 23.2. The standard InChI is InChI=1S/C14H16FNO3S/c15-9-4-5-12-10(8-9)11(6-7-20-12)16-13(17)2-1-3-14(18)19/h4-5,8,11H,1-3,6-7H2,(H,16,17)(H,18,19). The van der Waals surface area contributed by atoms with Crippen LogP contribution in [0.15, 0.2) is 23.1 Å². The quantitative estimate of drug-likeness (QED) is 0.877. The van der Waals surface area contributed by atoms with Gasteiger partial charge in [-0.05, 0) is 36.6 Å². The Morgan fingerprint density at radius 1 is 1.40 bits per heavy atom. The molecule has 2 rings (SSSR count). The van der Waals surface area contributed by atoms with Crippen molar-refractivity contribution in [2.75, 3.05) is 5.75 Å². The van der Waals surface area contributed by atoms with E-state index in [2.05, 4.69) is 5.32 Å². The summed E-state index contributed by atoms with van der Waals surface area (Å²) in [5, 5.41) is 11.4. The minimum atomic E-state index is -0.903. The summed E-state index contributed by atoms with van der Waals surface area (Å²) in [5.74, 6) is -0.521. The Morgan fingerprint density at radius 2 is 2.20 bits per heavy atom. The van der Waals surface area contributed by atoms with E-state index in [-0.39, 0.29) is 30.6 Å². The van der Waals surface area contributed by atoms with Crippen LogP contribution in [0.5, 0.6) is 0 Å². The number of carboxylic acids is 1. The number of aliphatic carboxylic acids is 1. The molecule has 4 nitrogen and oxygen atoms in total. The molecule has 1 aromatic rings. The van der Waals surface area contributed by atoms with Crippen LogP contribution in [0, 0.1) is 5.82 Å². The number of fused-ring (bicyclic) bond motifs is 1. The summed E-state index contributed by atoms with van der Waals surface area (Å²) in [6, 6.07) is 4.43. The highest BCUT2D eigenvalue weighted by molar-refractivity contribution is 7.99. The van der Waals surface area contributed by atoms with E-state index in [1.165, 1.54) is 12.1 Å². The summed E-state index contributed by atoms with van der Waals surface area (Å²) in [7, 11) is 0. The summed E-state index contributed by atoms with van der Waals surface area (Å²) in [5.41, 5.74) is 0.813. The fourth-order valence-electron chi connectivity index (χ4n) is 2.18. The molecule has 1 aliphatic heterocycles. The Bertz CT molecular complexity index is 521. The van der Waals surface area contributed by atoms with Gasteiger partial charge in [-0.15, -0.1) is 11.8 Å². The molecule has 1 aromatic carbocycles. The largest absolute Gasteiger partial charge is 0.481 e. The van der Waals surface area contributed by atoms with E-state index in [1.807, 2.05) is 0 Å². The molecule has 0 aromatic heterocycles. The van der Waals surface area contributed by atoms with Crippen molar-refractivity contribution in [3.05, 3.63) is 29.6 Å². The van der Waals surface area contributed by atoms with Crippen molar-refractivity contribution in [3.63, 3.8) is 0 Å². The Kier molecular flexibility index (Phi) is 5.00. The predicted molar refractivity (Wildman–Crippen MR) is 74.1 cm³/mol. The molecule has 2 N–H and O–H groups in total. The number of carboxylic acid groups (broad SMARTS) is 1. The van der Waals surface area contributed by atoms with Crippen molar-refractivity contribution in [3.8, 4) is 0 Å². The first-order valence-electron chi connectivity index (χ1n) is 6.49. The molecule has 1 heterocycles. The van der Waals surface area contributed by atoms with Crippen LogP contribution in [-0.2, 0) is 9.59 Å². The average molecular weight is 297 g/mol. The average Bonchev–Trinajstić information content (AvgIpc) is 2.39. The van der Waals surface area contributed by atoms with Gasteiger partial charge in [-0.3, -0.25) is 9.59 Å². The monoisotopic (exact) mass is 297 g/mol. The number of hydrogen-bond donors (Lipinski definition) is 2. The molecule has 0 spiro atoms. The topological polar surface area (TPSA) is 66.4 Å². The van der Waals surface area contributed by atoms with E-state index in [1.54, 1.807) is 17.8 Å². The molecular weight excluding hydrogens is 281 g/mol. The molecule has 108 valence electrons. The van der Waals surface area contributed by atoms with Gasteiger partial charge in [-0.25, -0.2) is 4.39 Å². The van der Waals surface area contributed by atoms with Crippen molar-refractivity contribution < 1.29 is 19.1 Å². The third kappa shape index (κ3) is 3.96. The van der Waals surface area contributed by atoms with E-state index >= 15 is 0 Å². The molecule has 0 saturated carbocycles. The van der Waals surface area contributed by atoms with Gasteiger partial charge in [0.05, 0.1) is 6.04 Å². The van der Waals surface area contributed by atoms with Gasteiger partial charge in [0.25, 0.3) is 0 Å². The highest BCUT2D eigenvalue weighted by Crippen LogP contribution is 2.36. The maximum Gasteiger partial charge on any atom is 0.303 e. The number of carbonyl (C=O) groups excluding carboxylic acids is 1. The highest BCUT2D eigenvalue weighted by atomic mass is 32.2. The number of thioether (sulfide) groups is 1. The Morgan fingerprint density at radius 3 is 2.95 bits per heavy atom. The lowest BCUT2D eigenvalue weighted by atomic mass is 10.0. The predicted octanol–water partition coefficient (Wildman–Crippen LogP) is 2.73. The van der Waals surface area contributed by atoms with Crippen LogP contribution < -0.4 is 5.32 Å². The van der Waals surface area contributed by atoms with Gasteiger partial charge >= 0.3 is 5.97 Å². The van der Waals surface area contributed by atoms with Gasteiger partial charge in [0.2, 0.25) is 5.91 Å². The molecule has 20 heavy (non-hydrogen) atoms. The summed E-state index contributed by atoms with van der Waals surface area (Å²) in [6.07, 6.45) is 1.24. The third-order valence-corrected chi connectivity index (χ3v) is 4.26. The fourth-order valence-corrected chi connectivity index (χ4v) is 3.29. The first-order chi connectivity index (χ1) is 9.56. The van der Waals surface area contributed by atoms with Crippen LogP contribution in [0.2, 0.25) is 0 Å². The van der Waals surface area contributed by atoms with Gasteiger partial charge < -0.3 is 10.4 Å². The first kappa shape index (κ1) is 14.8. The molecule has 0 aliphatic carbocycles. The van der Waals surface area contributed by atoms with E-state index < -0.39 is 5.97 Å². The zero-order chi connectivity index (χ0) is 14.5. The molecule has 1 aliphatic rings. The Hall–Kier alpha value is -1.56. The van der Waals surface area contributed by atoms with E-state index in [4.69, 9.17) is 5.11 Å². The molecular formula is C14H16FNO3S. The zero-order valence-electron chi connectivity index (χ0n) is 10.9. The summed E-state index contributed by atoms with van der Waals surface area (Å²) < 4.78 is 13.3. The van der Waals surface area contributed by atoms with Crippen LogP contribution >= 0.6 is 11.8 Å². The van der Waals surface area contributed by atoms with Crippen molar-refractivity contribution >= 4 is 23.6 Å². The lowest BCUT2D eigenvalue weighted by Crippen LogP contribution is -2.30. The van der Waals surface area contributed by atoms with Gasteiger partial charge in [0.1, 0.15) is 5.82 Å². The molecule has 1 unspecified atom stereocenters. The third-order valence-electron chi connectivity index (χ3n) is 3.14. The number of hydrogen-bond acceptors (Lipinski definition) is 3. The van der Waals surface area contributed by atoms with Crippen LogP contribution in [0.25, 0.3) is 0 Å². The number of halogens is 1. The molecule has 0 radical (unpaired) electrons. The highest BCUT2D eigenvalue weighted by Gasteiger charge is 2.22. The van der Waals surface area contributed by atoms with Gasteiger partial charge in [-0.2, -0.15) is 0 Å². The molecule has 0 saturated heterocycles. The van der Waals surface area contributed by atoms with Crippen LogP contribution in [0.1, 0.15) is 37.3 Å². The Labute approximate surface area is 120 Å². The lowest BCUT2D eigenvalue weighted by molar-refractivity contribution is -0.137. The number of amides is 1. The molecule has 1 amide bonds. The smallest absolute Gasteiger partial charge is 0.303 e. The zero-order valence-corrected chi connectivity index (χ0v) is 11.7. The molecule has 1 atom stereocenters. The van der Waals surface area contributed by atoms with Crippen molar-refractivity contribution in [1.82, 2.24) is 5.32 Å². The van der Waals surface area contributed by atoms with Crippen molar-refractivity contribution in [2.45, 2.75) is 36.6 Å². The van der Waals surface area contributed by atoms with Crippen LogP contribution in [0.4, 0.5) is 4.39 Å². The second-order valence-corrected chi connectivity index (χ2v) is 5.82. The number of nitrogens with one attached hydrogen (secondary N) is 1. The van der Waals surface area contributed by atoms with Crippen LogP contribution in [-0.4, -0.2) is 22.7 Å². The number of benzene rings is 1. The maximum absolute atomic E-state index is 13.3. The Balaban J connectivity index is 1.96. The molecule has 0 bridgehead atoms. The van der Waals surface area contributed by atoms with Gasteiger partial charge in [-0.1, -0.05) is 0 Å². The van der Waals surface area contributed by atoms with Crippen molar-refractivity contribution in [2.24, 2.45) is 0 Å². The van der Waals surface area contributed by atoms with E-state index in [0.717, 1.165) is 22.6 Å². The summed E-state index contributed by atoms with van der Waals surface area (Å²) in [6.45, 7) is 0.